The van der Waals surface area contributed by atoms with Crippen LogP contribution in [0.3, 0.4) is 0 Å². The second-order valence-corrected chi connectivity index (χ2v) is 6.28. The molecule has 2 rings (SSSR count). The third-order valence-corrected chi connectivity index (χ3v) is 4.50. The summed E-state index contributed by atoms with van der Waals surface area (Å²) in [5.41, 5.74) is 0.216. The van der Waals surface area contributed by atoms with Gasteiger partial charge in [-0.25, -0.2) is 13.1 Å². The second kappa shape index (κ2) is 6.22. The van der Waals surface area contributed by atoms with Gasteiger partial charge in [0.15, 0.2) is 5.82 Å². The molecule has 1 aromatic carbocycles. The minimum atomic E-state index is -3.81. The fourth-order valence-electron chi connectivity index (χ4n) is 1.60. The summed E-state index contributed by atoms with van der Waals surface area (Å²) in [6.07, 6.45) is 0.284. The van der Waals surface area contributed by atoms with E-state index in [1.54, 1.807) is 6.92 Å². The molecule has 0 amide bonds. The molecule has 110 valence electrons. The molecule has 7 nitrogen and oxygen atoms in total. The van der Waals surface area contributed by atoms with Crippen molar-refractivity contribution >= 4 is 21.6 Å². The van der Waals surface area contributed by atoms with Gasteiger partial charge in [0.1, 0.15) is 4.90 Å². The Bertz CT molecular complexity index is 795. The highest BCUT2D eigenvalue weighted by Gasteiger charge is 2.18. The van der Waals surface area contributed by atoms with Crippen LogP contribution in [-0.4, -0.2) is 25.1 Å². The molecule has 21 heavy (non-hydrogen) atoms. The number of halogens is 1. The Kier molecular flexibility index (Phi) is 4.57. The molecule has 0 unspecified atom stereocenters. The van der Waals surface area contributed by atoms with Gasteiger partial charge in [-0.05, 0) is 18.2 Å². The minimum absolute atomic E-state index is 0.0527. The van der Waals surface area contributed by atoms with E-state index in [1.807, 2.05) is 6.07 Å². The van der Waals surface area contributed by atoms with Crippen LogP contribution in [0.25, 0.3) is 0 Å². The van der Waals surface area contributed by atoms with Gasteiger partial charge in [-0.2, -0.15) is 10.2 Å². The maximum Gasteiger partial charge on any atom is 0.242 e. The Labute approximate surface area is 126 Å². The van der Waals surface area contributed by atoms with Gasteiger partial charge in [-0.3, -0.25) is 0 Å². The van der Waals surface area contributed by atoms with E-state index >= 15 is 0 Å². The summed E-state index contributed by atoms with van der Waals surface area (Å²) >= 11 is 5.87. The molecule has 1 heterocycles. The number of aryl methyl sites for hydroxylation is 1. The van der Waals surface area contributed by atoms with Crippen molar-refractivity contribution in [3.05, 3.63) is 40.5 Å². The van der Waals surface area contributed by atoms with Crippen LogP contribution in [0, 0.1) is 18.3 Å². The van der Waals surface area contributed by atoms with Gasteiger partial charge in [-0.15, -0.1) is 0 Å². The summed E-state index contributed by atoms with van der Waals surface area (Å²) in [5.74, 6) is 0.824. The van der Waals surface area contributed by atoms with Crippen LogP contribution in [0.1, 0.15) is 17.3 Å². The van der Waals surface area contributed by atoms with Gasteiger partial charge in [0.25, 0.3) is 0 Å². The number of aromatic nitrogens is 2. The standard InChI is InChI=1S/C12H11ClN4O3S/c1-8-16-12(17-20-8)4-5-15-21(18,19)11-6-9(7-14)2-3-10(11)13/h2-3,6,15H,4-5H2,1H3. The summed E-state index contributed by atoms with van der Waals surface area (Å²) in [7, 11) is -3.81. The summed E-state index contributed by atoms with van der Waals surface area (Å²) < 4.78 is 31.5. The number of benzene rings is 1. The molecular weight excluding hydrogens is 316 g/mol. The lowest BCUT2D eigenvalue weighted by atomic mass is 10.2. The molecule has 2 aromatic rings. The molecule has 0 aliphatic carbocycles. The summed E-state index contributed by atoms with van der Waals surface area (Å²) in [4.78, 5) is 3.83. The normalized spacial score (nSPS) is 11.3. The molecular formula is C12H11ClN4O3S. The highest BCUT2D eigenvalue weighted by molar-refractivity contribution is 7.89. The van der Waals surface area contributed by atoms with Crippen molar-refractivity contribution in [3.63, 3.8) is 0 Å². The maximum absolute atomic E-state index is 12.1. The maximum atomic E-state index is 12.1. The van der Waals surface area contributed by atoms with Crippen molar-refractivity contribution in [2.45, 2.75) is 18.2 Å². The van der Waals surface area contributed by atoms with E-state index in [0.29, 0.717) is 11.7 Å². The summed E-state index contributed by atoms with van der Waals surface area (Å²) in [6, 6.07) is 5.91. The van der Waals surface area contributed by atoms with Gasteiger partial charge < -0.3 is 4.52 Å². The minimum Gasteiger partial charge on any atom is -0.340 e. The van der Waals surface area contributed by atoms with E-state index in [0.717, 1.165) is 0 Å². The Balaban J connectivity index is 2.10. The highest BCUT2D eigenvalue weighted by Crippen LogP contribution is 2.22. The quantitative estimate of drug-likeness (QED) is 0.890. The third kappa shape index (κ3) is 3.78. The Hall–Kier alpha value is -1.95. The van der Waals surface area contributed by atoms with Crippen LogP contribution in [0.5, 0.6) is 0 Å². The van der Waals surface area contributed by atoms with Crippen LogP contribution < -0.4 is 4.72 Å². The zero-order chi connectivity index (χ0) is 15.5. The van der Waals surface area contributed by atoms with Crippen molar-refractivity contribution < 1.29 is 12.9 Å². The fraction of sp³-hybridized carbons (Fsp3) is 0.250. The van der Waals surface area contributed by atoms with E-state index in [-0.39, 0.29) is 28.4 Å². The number of sulfonamides is 1. The summed E-state index contributed by atoms with van der Waals surface area (Å²) in [5, 5.41) is 12.5. The SMILES string of the molecule is Cc1nc(CCNS(=O)(=O)c2cc(C#N)ccc2Cl)no1. The number of hydrogen-bond acceptors (Lipinski definition) is 6. The Morgan fingerprint density at radius 3 is 2.86 bits per heavy atom. The van der Waals surface area contributed by atoms with Crippen LogP contribution in [-0.2, 0) is 16.4 Å². The molecule has 0 bridgehead atoms. The molecule has 0 radical (unpaired) electrons. The van der Waals surface area contributed by atoms with Crippen molar-refractivity contribution in [3.8, 4) is 6.07 Å². The van der Waals surface area contributed by atoms with Crippen molar-refractivity contribution in [2.24, 2.45) is 0 Å². The molecule has 0 saturated carbocycles. The molecule has 0 atom stereocenters. The van der Waals surface area contributed by atoms with E-state index in [4.69, 9.17) is 21.4 Å². The van der Waals surface area contributed by atoms with Gasteiger partial charge in [0.2, 0.25) is 15.9 Å². The predicted molar refractivity (Wildman–Crippen MR) is 74.1 cm³/mol. The van der Waals surface area contributed by atoms with Crippen LogP contribution in [0.15, 0.2) is 27.6 Å². The van der Waals surface area contributed by atoms with Crippen LogP contribution >= 0.6 is 11.6 Å². The molecule has 0 fully saturated rings. The average molecular weight is 327 g/mol. The number of rotatable bonds is 5. The van der Waals surface area contributed by atoms with Crippen LogP contribution in [0.2, 0.25) is 5.02 Å². The molecule has 0 aliphatic rings. The number of hydrogen-bond donors (Lipinski definition) is 1. The zero-order valence-corrected chi connectivity index (χ0v) is 12.6. The first-order valence-electron chi connectivity index (χ1n) is 5.91. The third-order valence-electron chi connectivity index (χ3n) is 2.56. The van der Waals surface area contributed by atoms with Gasteiger partial charge in [0, 0.05) is 19.9 Å². The fourth-order valence-corrected chi connectivity index (χ4v) is 3.15. The Morgan fingerprint density at radius 1 is 1.48 bits per heavy atom. The lowest BCUT2D eigenvalue weighted by molar-refractivity contribution is 0.387. The Morgan fingerprint density at radius 2 is 2.24 bits per heavy atom. The second-order valence-electron chi connectivity index (χ2n) is 4.13. The van der Waals surface area contributed by atoms with Crippen molar-refractivity contribution in [1.29, 1.82) is 5.26 Å². The average Bonchev–Trinajstić information content (AvgIpc) is 2.84. The molecule has 0 saturated heterocycles. The van der Waals surface area contributed by atoms with E-state index in [1.165, 1.54) is 18.2 Å². The van der Waals surface area contributed by atoms with Gasteiger partial charge in [-0.1, -0.05) is 16.8 Å². The zero-order valence-electron chi connectivity index (χ0n) is 11.0. The van der Waals surface area contributed by atoms with Gasteiger partial charge in [0.05, 0.1) is 16.7 Å². The first kappa shape index (κ1) is 15.4. The molecule has 1 N–H and O–H groups in total. The first-order valence-corrected chi connectivity index (χ1v) is 7.77. The number of nitriles is 1. The lowest BCUT2D eigenvalue weighted by Crippen LogP contribution is -2.26. The van der Waals surface area contributed by atoms with Crippen molar-refractivity contribution in [1.82, 2.24) is 14.9 Å². The number of nitrogens with zero attached hydrogens (tertiary/aromatic N) is 3. The van der Waals surface area contributed by atoms with E-state index in [2.05, 4.69) is 14.9 Å². The molecule has 9 heteroatoms. The lowest BCUT2D eigenvalue weighted by Gasteiger charge is -2.07. The monoisotopic (exact) mass is 326 g/mol. The first-order chi connectivity index (χ1) is 9.92. The van der Waals surface area contributed by atoms with E-state index in [9.17, 15) is 8.42 Å². The molecule has 0 spiro atoms. The molecule has 0 aliphatic heterocycles. The van der Waals surface area contributed by atoms with Crippen LogP contribution in [0.4, 0.5) is 0 Å². The predicted octanol–water partition coefficient (Wildman–Crippen LogP) is 1.42. The molecule has 1 aromatic heterocycles. The highest BCUT2D eigenvalue weighted by atomic mass is 35.5. The summed E-state index contributed by atoms with van der Waals surface area (Å²) in [6.45, 7) is 1.74. The van der Waals surface area contributed by atoms with E-state index < -0.39 is 10.0 Å². The topological polar surface area (TPSA) is 109 Å². The van der Waals surface area contributed by atoms with Crippen molar-refractivity contribution in [2.75, 3.05) is 6.54 Å². The van der Waals surface area contributed by atoms with Gasteiger partial charge >= 0.3 is 0 Å². The smallest absolute Gasteiger partial charge is 0.242 e. The number of nitrogens with one attached hydrogen (secondary N) is 1. The largest absolute Gasteiger partial charge is 0.340 e.